The molecule has 0 atom stereocenters. The second kappa shape index (κ2) is 9.27. The van der Waals surface area contributed by atoms with Crippen molar-refractivity contribution in [3.63, 3.8) is 0 Å². The van der Waals surface area contributed by atoms with Crippen molar-refractivity contribution >= 4 is 34.0 Å². The summed E-state index contributed by atoms with van der Waals surface area (Å²) in [6, 6.07) is 18.4. The lowest BCUT2D eigenvalue weighted by Gasteiger charge is -2.33. The number of nitrogens with zero attached hydrogens (tertiary/aromatic N) is 2. The molecule has 0 bridgehead atoms. The molecule has 2 heterocycles. The lowest BCUT2D eigenvalue weighted by atomic mass is 10.1. The van der Waals surface area contributed by atoms with E-state index in [2.05, 4.69) is 10.3 Å². The molecule has 0 radical (unpaired) electrons. The van der Waals surface area contributed by atoms with Gasteiger partial charge in [0, 0.05) is 47.3 Å². The number of hydrogen-bond donors (Lipinski definition) is 1. The molecule has 0 unspecified atom stereocenters. The minimum atomic E-state index is -0.523. The molecule has 4 aromatic rings. The molecule has 1 aliphatic rings. The number of nitrogens with one attached hydrogen (secondary N) is 1. The Kier molecular flexibility index (Phi) is 6.05. The van der Waals surface area contributed by atoms with E-state index in [4.69, 9.17) is 4.74 Å². The van der Waals surface area contributed by atoms with E-state index < -0.39 is 11.6 Å². The Morgan fingerprint density at radius 1 is 1.06 bits per heavy atom. The third-order valence-corrected chi connectivity index (χ3v) is 6.82. The van der Waals surface area contributed by atoms with Crippen molar-refractivity contribution in [3.05, 3.63) is 89.6 Å². The number of ether oxygens (including phenoxy) is 1. The van der Waals surface area contributed by atoms with Crippen molar-refractivity contribution < 1.29 is 13.5 Å². The molecule has 1 aromatic heterocycles. The molecule has 4 nitrogen and oxygen atoms in total. The van der Waals surface area contributed by atoms with Crippen LogP contribution in [0.4, 0.5) is 20.2 Å². The fourth-order valence-corrected chi connectivity index (χ4v) is 5.00. The predicted octanol–water partition coefficient (Wildman–Crippen LogP) is 6.25. The van der Waals surface area contributed by atoms with E-state index in [1.807, 2.05) is 53.4 Å². The van der Waals surface area contributed by atoms with Crippen LogP contribution >= 0.6 is 11.8 Å². The van der Waals surface area contributed by atoms with Gasteiger partial charge in [0.25, 0.3) is 0 Å². The van der Waals surface area contributed by atoms with E-state index in [0.717, 1.165) is 27.8 Å². The molecule has 0 saturated carbocycles. The van der Waals surface area contributed by atoms with Gasteiger partial charge in [-0.3, -0.25) is 4.98 Å². The van der Waals surface area contributed by atoms with Gasteiger partial charge in [0.15, 0.2) is 0 Å². The van der Waals surface area contributed by atoms with Crippen molar-refractivity contribution in [2.75, 3.05) is 30.4 Å². The van der Waals surface area contributed by atoms with Crippen LogP contribution in [0.3, 0.4) is 0 Å². The molecule has 168 valence electrons. The minimum absolute atomic E-state index is 0.0744. The Hall–Kier alpha value is -3.32. The summed E-state index contributed by atoms with van der Waals surface area (Å²) < 4.78 is 35.4. The summed E-state index contributed by atoms with van der Waals surface area (Å²) in [5.41, 5.74) is 3.72. The van der Waals surface area contributed by atoms with Crippen molar-refractivity contribution in [2.24, 2.45) is 0 Å². The van der Waals surface area contributed by atoms with Gasteiger partial charge in [-0.25, -0.2) is 8.78 Å². The number of anilines is 2. The maximum atomic E-state index is 15.1. The van der Waals surface area contributed by atoms with Crippen molar-refractivity contribution in [2.45, 2.75) is 17.2 Å². The summed E-state index contributed by atoms with van der Waals surface area (Å²) in [4.78, 5) is 7.11. The molecule has 0 aliphatic carbocycles. The van der Waals surface area contributed by atoms with Crippen LogP contribution in [0.2, 0.25) is 0 Å². The molecular weight excluding hydrogens is 440 g/mol. The number of thioether (sulfide) groups is 1. The number of pyridine rings is 1. The number of aromatic nitrogens is 1. The summed E-state index contributed by atoms with van der Waals surface area (Å²) in [6.45, 7) is 1.44. The molecule has 1 N–H and O–H groups in total. The third kappa shape index (κ3) is 4.46. The lowest BCUT2D eigenvalue weighted by Crippen LogP contribution is -2.34. The van der Waals surface area contributed by atoms with Gasteiger partial charge < -0.3 is 15.0 Å². The van der Waals surface area contributed by atoms with Crippen LogP contribution in [0.25, 0.3) is 10.9 Å². The van der Waals surface area contributed by atoms with Crippen LogP contribution in [0, 0.1) is 11.6 Å². The highest BCUT2D eigenvalue weighted by molar-refractivity contribution is 7.98. The first-order valence-corrected chi connectivity index (χ1v) is 11.7. The third-order valence-electron chi connectivity index (χ3n) is 5.77. The average molecular weight is 464 g/mol. The number of methoxy groups -OCH3 is 1. The monoisotopic (exact) mass is 463 g/mol. The Labute approximate surface area is 195 Å². The molecule has 0 spiro atoms. The van der Waals surface area contributed by atoms with E-state index in [1.165, 1.54) is 23.9 Å². The lowest BCUT2D eigenvalue weighted by molar-refractivity contribution is 0.415. The Morgan fingerprint density at radius 3 is 2.61 bits per heavy atom. The zero-order chi connectivity index (χ0) is 22.8. The molecule has 33 heavy (non-hydrogen) atoms. The first kappa shape index (κ1) is 21.5. The van der Waals surface area contributed by atoms with Crippen LogP contribution in [-0.4, -0.2) is 25.2 Å². The largest absolute Gasteiger partial charge is 0.497 e. The maximum Gasteiger partial charge on any atom is 0.132 e. The summed E-state index contributed by atoms with van der Waals surface area (Å²) >= 11 is 1.43. The number of benzene rings is 3. The summed E-state index contributed by atoms with van der Waals surface area (Å²) in [6.07, 6.45) is 1.76. The Morgan fingerprint density at radius 2 is 1.85 bits per heavy atom. The highest BCUT2D eigenvalue weighted by Crippen LogP contribution is 2.38. The zero-order valence-corrected chi connectivity index (χ0v) is 19.0. The van der Waals surface area contributed by atoms with Gasteiger partial charge in [-0.15, -0.1) is 11.8 Å². The highest BCUT2D eigenvalue weighted by Gasteiger charge is 2.23. The summed E-state index contributed by atoms with van der Waals surface area (Å²) in [5, 5.41) is 4.26. The number of fused-ring (bicyclic) bond motifs is 3. The van der Waals surface area contributed by atoms with Gasteiger partial charge in [0.1, 0.15) is 17.4 Å². The fraction of sp³-hybridized carbons (Fsp3) is 0.192. The zero-order valence-electron chi connectivity index (χ0n) is 18.1. The molecule has 1 aliphatic heterocycles. The van der Waals surface area contributed by atoms with Crippen LogP contribution < -0.4 is 15.0 Å². The molecule has 0 saturated heterocycles. The number of halogens is 2. The van der Waals surface area contributed by atoms with Crippen LogP contribution in [-0.2, 0) is 12.3 Å². The van der Waals surface area contributed by atoms with E-state index in [0.29, 0.717) is 29.5 Å². The van der Waals surface area contributed by atoms with Gasteiger partial charge in [0.05, 0.1) is 30.2 Å². The van der Waals surface area contributed by atoms with Crippen LogP contribution in [0.1, 0.15) is 11.1 Å². The van der Waals surface area contributed by atoms with Gasteiger partial charge >= 0.3 is 0 Å². The normalized spacial score (nSPS) is 13.0. The number of hydrogen-bond acceptors (Lipinski definition) is 5. The molecule has 3 aromatic carbocycles. The van der Waals surface area contributed by atoms with E-state index in [-0.39, 0.29) is 12.1 Å². The second-order valence-corrected chi connectivity index (χ2v) is 8.94. The smallest absolute Gasteiger partial charge is 0.132 e. The number of rotatable bonds is 6. The summed E-state index contributed by atoms with van der Waals surface area (Å²) in [7, 11) is 1.61. The molecular formula is C26H23F2N3OS. The maximum absolute atomic E-state index is 15.1. The molecule has 7 heteroatoms. The second-order valence-electron chi connectivity index (χ2n) is 7.89. The minimum Gasteiger partial charge on any atom is -0.497 e. The standard InChI is InChI=1S/C26H23F2N3OS/c1-32-18-7-8-20-24(11-18)30-14-25-26(20)31(10-9-29-25)15-21-22(27)12-19(13-23(21)28)33-16-17-5-3-2-4-6-17/h2-8,11-14,29H,9-10,15-16H2,1H3. The quantitative estimate of drug-likeness (QED) is 0.342. The summed E-state index contributed by atoms with van der Waals surface area (Å²) in [5.74, 6) is 0.328. The van der Waals surface area contributed by atoms with Crippen molar-refractivity contribution in [1.29, 1.82) is 0 Å². The SMILES string of the molecule is COc1ccc2c3c(cnc2c1)NCCN3Cc1c(F)cc(SCc2ccccc2)cc1F. The van der Waals surface area contributed by atoms with Gasteiger partial charge in [-0.05, 0) is 29.8 Å². The highest BCUT2D eigenvalue weighted by atomic mass is 32.2. The average Bonchev–Trinajstić information content (AvgIpc) is 2.85. The van der Waals surface area contributed by atoms with Crippen LogP contribution in [0.15, 0.2) is 71.8 Å². The first-order chi connectivity index (χ1) is 16.1. The van der Waals surface area contributed by atoms with E-state index in [9.17, 15) is 0 Å². The predicted molar refractivity (Wildman–Crippen MR) is 130 cm³/mol. The van der Waals surface area contributed by atoms with E-state index in [1.54, 1.807) is 13.3 Å². The molecule has 0 fully saturated rings. The van der Waals surface area contributed by atoms with Gasteiger partial charge in [-0.1, -0.05) is 30.3 Å². The first-order valence-electron chi connectivity index (χ1n) is 10.7. The molecule has 0 amide bonds. The van der Waals surface area contributed by atoms with E-state index >= 15 is 8.78 Å². The topological polar surface area (TPSA) is 37.4 Å². The van der Waals surface area contributed by atoms with Gasteiger partial charge in [-0.2, -0.15) is 0 Å². The van der Waals surface area contributed by atoms with Crippen molar-refractivity contribution in [3.8, 4) is 5.75 Å². The van der Waals surface area contributed by atoms with Gasteiger partial charge in [0.2, 0.25) is 0 Å². The van der Waals surface area contributed by atoms with Crippen molar-refractivity contribution in [1.82, 2.24) is 4.98 Å². The fourth-order valence-electron chi connectivity index (χ4n) is 4.10. The Bertz CT molecular complexity index is 1280. The van der Waals surface area contributed by atoms with Crippen LogP contribution in [0.5, 0.6) is 5.75 Å². The molecule has 5 rings (SSSR count). The Balaban J connectivity index is 1.42.